The van der Waals surface area contributed by atoms with Crippen molar-refractivity contribution in [2.45, 2.75) is 32.0 Å². The van der Waals surface area contributed by atoms with Gasteiger partial charge in [0.05, 0.1) is 5.56 Å². The Kier molecular flexibility index (Phi) is 4.88. The molecule has 1 aromatic carbocycles. The Morgan fingerprint density at radius 1 is 1.24 bits per heavy atom. The number of likely N-dealkylation sites (tertiary alicyclic amines) is 1. The van der Waals surface area contributed by atoms with Crippen LogP contribution in [0.3, 0.4) is 0 Å². The number of aliphatic carboxylic acids is 1. The lowest BCUT2D eigenvalue weighted by molar-refractivity contribution is -0.139. The Morgan fingerprint density at radius 2 is 1.86 bits per heavy atom. The first-order chi connectivity index (χ1) is 9.86. The van der Waals surface area contributed by atoms with Crippen molar-refractivity contribution in [1.29, 1.82) is 0 Å². The van der Waals surface area contributed by atoms with Gasteiger partial charge in [0, 0.05) is 13.0 Å². The van der Waals surface area contributed by atoms with E-state index in [1.54, 1.807) is 6.07 Å². The third-order valence-electron chi connectivity index (χ3n) is 3.89. The number of piperidine rings is 1. The van der Waals surface area contributed by atoms with Crippen LogP contribution in [0.25, 0.3) is 0 Å². The molecule has 1 N–H and O–H groups in total. The second-order valence-electron chi connectivity index (χ2n) is 5.47. The Balaban J connectivity index is 1.97. The van der Waals surface area contributed by atoms with Gasteiger partial charge in [0.2, 0.25) is 0 Å². The minimum Gasteiger partial charge on any atom is -0.481 e. The van der Waals surface area contributed by atoms with Crippen molar-refractivity contribution >= 4 is 5.97 Å². The van der Waals surface area contributed by atoms with Crippen LogP contribution in [0, 0.1) is 5.92 Å². The average molecular weight is 301 g/mol. The molecule has 0 saturated carbocycles. The molecule has 1 heterocycles. The van der Waals surface area contributed by atoms with Crippen LogP contribution in [0.1, 0.15) is 30.4 Å². The molecule has 1 aliphatic heterocycles. The maximum absolute atomic E-state index is 12.9. The van der Waals surface area contributed by atoms with Crippen molar-refractivity contribution in [2.24, 2.45) is 5.92 Å². The maximum atomic E-state index is 12.9. The third-order valence-corrected chi connectivity index (χ3v) is 3.89. The van der Waals surface area contributed by atoms with Crippen LogP contribution in [0.5, 0.6) is 0 Å². The monoisotopic (exact) mass is 301 g/mol. The van der Waals surface area contributed by atoms with Gasteiger partial charge in [0.1, 0.15) is 0 Å². The predicted molar refractivity (Wildman–Crippen MR) is 71.7 cm³/mol. The summed E-state index contributed by atoms with van der Waals surface area (Å²) in [4.78, 5) is 12.6. The summed E-state index contributed by atoms with van der Waals surface area (Å²) in [5, 5.41) is 8.75. The predicted octanol–water partition coefficient (Wildman–Crippen LogP) is 3.39. The van der Waals surface area contributed by atoms with E-state index in [2.05, 4.69) is 0 Å². The van der Waals surface area contributed by atoms with Crippen molar-refractivity contribution in [2.75, 3.05) is 13.1 Å². The summed E-state index contributed by atoms with van der Waals surface area (Å²) >= 11 is 0. The van der Waals surface area contributed by atoms with Gasteiger partial charge in [-0.2, -0.15) is 13.2 Å². The lowest BCUT2D eigenvalue weighted by Gasteiger charge is -2.31. The molecule has 0 unspecified atom stereocenters. The molecule has 1 fully saturated rings. The number of hydrogen-bond donors (Lipinski definition) is 1. The molecule has 3 nitrogen and oxygen atoms in total. The van der Waals surface area contributed by atoms with E-state index in [0.717, 1.165) is 18.9 Å². The minimum atomic E-state index is -4.34. The first-order valence-corrected chi connectivity index (χ1v) is 6.95. The Bertz CT molecular complexity index is 494. The van der Waals surface area contributed by atoms with Gasteiger partial charge in [-0.05, 0) is 43.5 Å². The number of nitrogens with zero attached hydrogens (tertiary/aromatic N) is 1. The fourth-order valence-corrected chi connectivity index (χ4v) is 2.77. The highest BCUT2D eigenvalue weighted by Crippen LogP contribution is 2.33. The van der Waals surface area contributed by atoms with Gasteiger partial charge in [0.15, 0.2) is 0 Å². The molecule has 2 rings (SSSR count). The first-order valence-electron chi connectivity index (χ1n) is 6.95. The molecule has 1 saturated heterocycles. The molecule has 0 aromatic heterocycles. The molecule has 116 valence electrons. The summed E-state index contributed by atoms with van der Waals surface area (Å²) in [5.74, 6) is -0.674. The van der Waals surface area contributed by atoms with E-state index in [-0.39, 0.29) is 24.4 Å². The van der Waals surface area contributed by atoms with Crippen LogP contribution < -0.4 is 0 Å². The number of hydrogen-bond acceptors (Lipinski definition) is 2. The third kappa shape index (κ3) is 4.46. The van der Waals surface area contributed by atoms with Crippen molar-refractivity contribution in [3.05, 3.63) is 35.4 Å². The molecular weight excluding hydrogens is 283 g/mol. The fraction of sp³-hybridized carbons (Fsp3) is 0.533. The topological polar surface area (TPSA) is 40.5 Å². The summed E-state index contributed by atoms with van der Waals surface area (Å²) in [6.45, 7) is 1.55. The van der Waals surface area contributed by atoms with Crippen LogP contribution in [-0.4, -0.2) is 29.1 Å². The number of carboxylic acid groups (broad SMARTS) is 1. The van der Waals surface area contributed by atoms with Crippen LogP contribution in [0.2, 0.25) is 0 Å². The smallest absolute Gasteiger partial charge is 0.416 e. The highest BCUT2D eigenvalue weighted by Gasteiger charge is 2.33. The molecule has 1 aliphatic rings. The van der Waals surface area contributed by atoms with Gasteiger partial charge < -0.3 is 5.11 Å². The number of carboxylic acids is 1. The lowest BCUT2D eigenvalue weighted by Crippen LogP contribution is -2.34. The first kappa shape index (κ1) is 15.8. The van der Waals surface area contributed by atoms with E-state index in [1.807, 2.05) is 4.90 Å². The Morgan fingerprint density at radius 3 is 2.43 bits per heavy atom. The molecule has 0 bridgehead atoms. The summed E-state index contributed by atoms with van der Waals surface area (Å²) < 4.78 is 38.8. The SMILES string of the molecule is O=C(O)CC1CCN(Cc2ccccc2C(F)(F)F)CC1. The number of rotatable bonds is 4. The van der Waals surface area contributed by atoms with E-state index >= 15 is 0 Å². The number of carbonyl (C=O) groups is 1. The average Bonchev–Trinajstić information content (AvgIpc) is 2.40. The zero-order valence-corrected chi connectivity index (χ0v) is 11.6. The summed E-state index contributed by atoms with van der Waals surface area (Å²) in [7, 11) is 0. The van der Waals surface area contributed by atoms with E-state index < -0.39 is 17.7 Å². The second kappa shape index (κ2) is 6.47. The highest BCUT2D eigenvalue weighted by atomic mass is 19.4. The number of benzene rings is 1. The van der Waals surface area contributed by atoms with Gasteiger partial charge in [-0.15, -0.1) is 0 Å². The molecule has 21 heavy (non-hydrogen) atoms. The van der Waals surface area contributed by atoms with Gasteiger partial charge in [-0.25, -0.2) is 0 Å². The largest absolute Gasteiger partial charge is 0.481 e. The fourth-order valence-electron chi connectivity index (χ4n) is 2.77. The van der Waals surface area contributed by atoms with Crippen molar-refractivity contribution < 1.29 is 23.1 Å². The van der Waals surface area contributed by atoms with Gasteiger partial charge in [-0.3, -0.25) is 9.69 Å². The van der Waals surface area contributed by atoms with Crippen LogP contribution in [-0.2, 0) is 17.5 Å². The lowest BCUT2D eigenvalue weighted by atomic mass is 9.93. The van der Waals surface area contributed by atoms with E-state index in [1.165, 1.54) is 12.1 Å². The van der Waals surface area contributed by atoms with Crippen molar-refractivity contribution in [3.63, 3.8) is 0 Å². The number of halogens is 3. The highest BCUT2D eigenvalue weighted by molar-refractivity contribution is 5.67. The molecule has 0 radical (unpaired) electrons. The summed E-state index contributed by atoms with van der Waals surface area (Å²) in [6, 6.07) is 5.62. The molecule has 0 atom stereocenters. The second-order valence-corrected chi connectivity index (χ2v) is 5.47. The van der Waals surface area contributed by atoms with Gasteiger partial charge >= 0.3 is 12.1 Å². The minimum absolute atomic E-state index is 0.136. The zero-order chi connectivity index (χ0) is 15.5. The molecule has 6 heteroatoms. The van der Waals surface area contributed by atoms with Crippen LogP contribution in [0.15, 0.2) is 24.3 Å². The van der Waals surface area contributed by atoms with E-state index in [0.29, 0.717) is 13.1 Å². The Labute approximate surface area is 121 Å². The summed E-state index contributed by atoms with van der Waals surface area (Å²) in [5.41, 5.74) is -0.306. The quantitative estimate of drug-likeness (QED) is 0.926. The van der Waals surface area contributed by atoms with Gasteiger partial charge in [-0.1, -0.05) is 18.2 Å². The molecule has 0 aliphatic carbocycles. The standard InChI is InChI=1S/C15H18F3NO2/c16-15(17,18)13-4-2-1-3-12(13)10-19-7-5-11(6-8-19)9-14(20)21/h1-4,11H,5-10H2,(H,20,21). The number of alkyl halides is 3. The normalized spacial score (nSPS) is 17.9. The summed E-state index contributed by atoms with van der Waals surface area (Å²) in [6.07, 6.45) is -2.74. The Hall–Kier alpha value is -1.56. The van der Waals surface area contributed by atoms with Crippen molar-refractivity contribution in [3.8, 4) is 0 Å². The zero-order valence-electron chi connectivity index (χ0n) is 11.6. The van der Waals surface area contributed by atoms with Gasteiger partial charge in [0.25, 0.3) is 0 Å². The molecule has 0 spiro atoms. The van der Waals surface area contributed by atoms with E-state index in [9.17, 15) is 18.0 Å². The van der Waals surface area contributed by atoms with Crippen molar-refractivity contribution in [1.82, 2.24) is 4.90 Å². The van der Waals surface area contributed by atoms with E-state index in [4.69, 9.17) is 5.11 Å². The molecular formula is C15H18F3NO2. The van der Waals surface area contributed by atoms with Crippen LogP contribution in [0.4, 0.5) is 13.2 Å². The molecule has 1 aromatic rings. The van der Waals surface area contributed by atoms with Crippen LogP contribution >= 0.6 is 0 Å². The molecule has 0 amide bonds. The maximum Gasteiger partial charge on any atom is 0.416 e.